The van der Waals surface area contributed by atoms with Gasteiger partial charge in [-0.05, 0) is 49.4 Å². The van der Waals surface area contributed by atoms with E-state index >= 15 is 0 Å². The zero-order valence-electron chi connectivity index (χ0n) is 24.2. The Bertz CT molecular complexity index is 1290. The molecule has 5 N–H and O–H groups in total. The Morgan fingerprint density at radius 2 is 1.88 bits per heavy atom. The molecule has 1 saturated carbocycles. The third kappa shape index (κ3) is 8.24. The maximum absolute atomic E-state index is 13.9. The number of nitrogens with zero attached hydrogens (tertiary/aromatic N) is 1. The Balaban J connectivity index is 1.34. The van der Waals surface area contributed by atoms with Crippen molar-refractivity contribution in [3.63, 3.8) is 0 Å². The van der Waals surface area contributed by atoms with E-state index in [0.29, 0.717) is 38.2 Å². The predicted octanol–water partition coefficient (Wildman–Crippen LogP) is 2.38. The van der Waals surface area contributed by atoms with Crippen LogP contribution < -0.4 is 16.4 Å². The lowest BCUT2D eigenvalue weighted by Crippen LogP contribution is -2.51. The summed E-state index contributed by atoms with van der Waals surface area (Å²) in [5, 5.41) is 17.4. The maximum Gasteiger partial charge on any atom is 0.407 e. The fourth-order valence-electron chi connectivity index (χ4n) is 5.76. The van der Waals surface area contributed by atoms with E-state index in [2.05, 4.69) is 10.6 Å². The van der Waals surface area contributed by atoms with E-state index in [4.69, 9.17) is 24.8 Å². The van der Waals surface area contributed by atoms with Gasteiger partial charge in [-0.15, -0.1) is 0 Å². The molecule has 1 aliphatic carbocycles. The molecule has 3 fully saturated rings. The van der Waals surface area contributed by atoms with E-state index < -0.39 is 40.9 Å². The van der Waals surface area contributed by atoms with E-state index in [-0.39, 0.29) is 36.2 Å². The highest BCUT2D eigenvalue weighted by molar-refractivity contribution is 7.89. The molecule has 3 aliphatic rings. The first-order chi connectivity index (χ1) is 20.8. The smallest absolute Gasteiger partial charge is 0.407 e. The number of hydroxylamine groups is 1. The van der Waals surface area contributed by atoms with E-state index in [1.54, 1.807) is 12.1 Å². The van der Waals surface area contributed by atoms with Crippen molar-refractivity contribution in [3.05, 3.63) is 60.2 Å². The highest BCUT2D eigenvalue weighted by Gasteiger charge is 2.44. The van der Waals surface area contributed by atoms with Crippen molar-refractivity contribution in [3.8, 4) is 0 Å². The number of carbonyl (C=O) groups is 1. The number of fused-ring (bicyclic) bond motifs is 1. The highest BCUT2D eigenvalue weighted by Crippen LogP contribution is 2.33. The van der Waals surface area contributed by atoms with Gasteiger partial charge in [-0.1, -0.05) is 53.7 Å². The lowest BCUT2D eigenvalue weighted by Gasteiger charge is -2.31. The Kier molecular flexibility index (Phi) is 10.9. The second kappa shape index (κ2) is 14.8. The number of alkyl carbamates (subject to hydrolysis) is 1. The van der Waals surface area contributed by atoms with Crippen molar-refractivity contribution >= 4 is 21.8 Å². The van der Waals surface area contributed by atoms with Gasteiger partial charge in [0.2, 0.25) is 0 Å². The van der Waals surface area contributed by atoms with Crippen LogP contribution in [0.15, 0.2) is 59.5 Å². The Labute approximate surface area is 252 Å². The van der Waals surface area contributed by atoms with Crippen LogP contribution in [-0.4, -0.2) is 87.6 Å². The summed E-state index contributed by atoms with van der Waals surface area (Å²) < 4.78 is 45.5. The summed E-state index contributed by atoms with van der Waals surface area (Å²) in [7, 11) is -4.19. The number of aliphatic hydroxyl groups excluding tert-OH is 1. The summed E-state index contributed by atoms with van der Waals surface area (Å²) in [6.45, 7) is 1.25. The quantitative estimate of drug-likeness (QED) is 0.231. The van der Waals surface area contributed by atoms with Crippen LogP contribution in [0.3, 0.4) is 0 Å². The van der Waals surface area contributed by atoms with Crippen molar-refractivity contribution in [2.24, 2.45) is 11.7 Å². The molecule has 2 aromatic carbocycles. The Morgan fingerprint density at radius 1 is 1.09 bits per heavy atom. The number of rotatable bonds is 14. The lowest BCUT2D eigenvalue weighted by atomic mass is 10.0. The zero-order valence-corrected chi connectivity index (χ0v) is 25.0. The summed E-state index contributed by atoms with van der Waals surface area (Å²) in [4.78, 5) is 19.1. The van der Waals surface area contributed by atoms with Crippen LogP contribution in [-0.2, 0) is 35.5 Å². The van der Waals surface area contributed by atoms with Crippen molar-refractivity contribution in [2.45, 2.75) is 74.1 Å². The van der Waals surface area contributed by atoms with Crippen LogP contribution >= 0.6 is 0 Å². The Hall–Kier alpha value is -2.78. The second-order valence-electron chi connectivity index (χ2n) is 11.2. The number of benzene rings is 2. The van der Waals surface area contributed by atoms with Gasteiger partial charge < -0.3 is 35.7 Å². The van der Waals surface area contributed by atoms with Gasteiger partial charge in [-0.2, -0.15) is 0 Å². The summed E-state index contributed by atoms with van der Waals surface area (Å²) >= 11 is 0. The van der Waals surface area contributed by atoms with Gasteiger partial charge in [0.25, 0.3) is 10.0 Å². The summed E-state index contributed by atoms with van der Waals surface area (Å²) in [5.74, 6) is -0.0428. The van der Waals surface area contributed by atoms with Crippen molar-refractivity contribution in [2.75, 3.05) is 38.2 Å². The average Bonchev–Trinajstić information content (AvgIpc) is 3.77. The number of aliphatic hydroxyl groups is 1. The molecule has 236 valence electrons. The molecule has 0 spiro atoms. The van der Waals surface area contributed by atoms with Gasteiger partial charge in [0, 0.05) is 18.8 Å². The van der Waals surface area contributed by atoms with Crippen LogP contribution in [0.4, 0.5) is 10.5 Å². The standard InChI is InChI=1S/C30H42N4O8S/c31-14-15-32-22-9-6-12-24(18-22)43(37,38)34(42-23-10-4-5-11-23)19-27(35)26(17-21-7-2-1-3-8-21)33-30(36)41-28-20-40-29-25(28)13-16-39-29/h1-3,6-9,12,18,23,25-29,32,35H,4-5,10-11,13-17,19-20,31H2,(H,33,36)/t25-,26-,27+,28-,29+/m0/s1. The van der Waals surface area contributed by atoms with Gasteiger partial charge >= 0.3 is 6.09 Å². The van der Waals surface area contributed by atoms with Crippen LogP contribution in [0.25, 0.3) is 0 Å². The number of amides is 1. The number of ether oxygens (including phenoxy) is 3. The second-order valence-corrected chi connectivity index (χ2v) is 13.1. The fourth-order valence-corrected chi connectivity index (χ4v) is 7.11. The van der Waals surface area contributed by atoms with Crippen LogP contribution in [0.2, 0.25) is 0 Å². The van der Waals surface area contributed by atoms with Gasteiger partial charge in [0.15, 0.2) is 6.29 Å². The summed E-state index contributed by atoms with van der Waals surface area (Å²) in [6, 6.07) is 14.9. The fraction of sp³-hybridized carbons (Fsp3) is 0.567. The summed E-state index contributed by atoms with van der Waals surface area (Å²) in [6.07, 6.45) is 1.08. The third-order valence-corrected chi connectivity index (χ3v) is 9.71. The molecule has 2 aliphatic heterocycles. The minimum absolute atomic E-state index is 0.0151. The van der Waals surface area contributed by atoms with E-state index in [1.807, 2.05) is 30.3 Å². The number of hydrogen-bond donors (Lipinski definition) is 4. The van der Waals surface area contributed by atoms with Gasteiger partial charge in [-0.25, -0.2) is 13.2 Å². The molecule has 2 aromatic rings. The van der Waals surface area contributed by atoms with Crippen LogP contribution in [0.5, 0.6) is 0 Å². The third-order valence-electron chi connectivity index (χ3n) is 8.09. The van der Waals surface area contributed by atoms with Crippen LogP contribution in [0.1, 0.15) is 37.7 Å². The molecule has 12 nitrogen and oxygen atoms in total. The zero-order chi connectivity index (χ0) is 30.2. The largest absolute Gasteiger partial charge is 0.443 e. The molecular weight excluding hydrogens is 576 g/mol. The molecule has 13 heteroatoms. The monoisotopic (exact) mass is 618 g/mol. The lowest BCUT2D eigenvalue weighted by molar-refractivity contribution is -0.145. The van der Waals surface area contributed by atoms with Crippen molar-refractivity contribution in [1.82, 2.24) is 9.79 Å². The molecule has 0 bridgehead atoms. The number of hydrogen-bond acceptors (Lipinski definition) is 10. The van der Waals surface area contributed by atoms with Crippen molar-refractivity contribution < 1.29 is 37.4 Å². The molecule has 0 unspecified atom stereocenters. The number of carbonyl (C=O) groups excluding carboxylic acids is 1. The average molecular weight is 619 g/mol. The molecule has 0 aromatic heterocycles. The van der Waals surface area contributed by atoms with E-state index in [1.165, 1.54) is 12.1 Å². The van der Waals surface area contributed by atoms with E-state index in [0.717, 1.165) is 29.3 Å². The molecule has 2 saturated heterocycles. The van der Waals surface area contributed by atoms with Crippen molar-refractivity contribution in [1.29, 1.82) is 0 Å². The Morgan fingerprint density at radius 3 is 2.65 bits per heavy atom. The molecule has 5 atom stereocenters. The first-order valence-electron chi connectivity index (χ1n) is 15.0. The number of nitrogens with one attached hydrogen (secondary N) is 2. The highest BCUT2D eigenvalue weighted by atomic mass is 32.2. The topological polar surface area (TPSA) is 162 Å². The molecule has 2 heterocycles. The molecular formula is C30H42N4O8S. The van der Waals surface area contributed by atoms with Gasteiger partial charge in [0.1, 0.15) is 6.10 Å². The van der Waals surface area contributed by atoms with Crippen LogP contribution in [0, 0.1) is 5.92 Å². The van der Waals surface area contributed by atoms with E-state index in [9.17, 15) is 18.3 Å². The molecule has 43 heavy (non-hydrogen) atoms. The first-order valence-corrected chi connectivity index (χ1v) is 16.4. The SMILES string of the molecule is NCCNc1cccc(S(=O)(=O)N(C[C@@H](O)[C@H](Cc2ccccc2)NC(=O)O[C@H]2CO[C@H]3OCC[C@H]32)OC2CCCC2)c1. The van der Waals surface area contributed by atoms with Gasteiger partial charge in [-0.3, -0.25) is 4.84 Å². The minimum atomic E-state index is -4.19. The molecule has 0 radical (unpaired) electrons. The predicted molar refractivity (Wildman–Crippen MR) is 158 cm³/mol. The number of anilines is 1. The first kappa shape index (κ1) is 31.6. The summed E-state index contributed by atoms with van der Waals surface area (Å²) in [5.41, 5.74) is 7.05. The maximum atomic E-state index is 13.9. The normalized spacial score (nSPS) is 23.7. The van der Waals surface area contributed by atoms with Gasteiger partial charge in [0.05, 0.1) is 48.8 Å². The number of sulfonamides is 1. The minimum Gasteiger partial charge on any atom is -0.443 e. The molecule has 1 amide bonds. The molecule has 5 rings (SSSR count). The number of nitrogens with two attached hydrogens (primary N) is 1.